The van der Waals surface area contributed by atoms with Crippen LogP contribution in [0.5, 0.6) is 11.5 Å². The van der Waals surface area contributed by atoms with E-state index in [-0.39, 0.29) is 18.1 Å². The summed E-state index contributed by atoms with van der Waals surface area (Å²) >= 11 is 5.79. The Kier molecular flexibility index (Phi) is 4.48. The minimum absolute atomic E-state index is 0.0355. The summed E-state index contributed by atoms with van der Waals surface area (Å²) in [6.07, 6.45) is 0. The second kappa shape index (κ2) is 6.30. The molecule has 0 unspecified atom stereocenters. The van der Waals surface area contributed by atoms with E-state index in [1.165, 1.54) is 25.3 Å². The van der Waals surface area contributed by atoms with Gasteiger partial charge in [0.1, 0.15) is 6.61 Å². The molecule has 2 aromatic carbocycles. The van der Waals surface area contributed by atoms with Gasteiger partial charge >= 0.3 is 5.97 Å². The summed E-state index contributed by atoms with van der Waals surface area (Å²) in [5.74, 6) is -0.296. The fourth-order valence-electron chi connectivity index (χ4n) is 1.62. The second-order valence-electron chi connectivity index (χ2n) is 4.09. The molecular formula is C15H13ClO4. The van der Waals surface area contributed by atoms with Gasteiger partial charge in [0.05, 0.1) is 12.7 Å². The number of esters is 1. The maximum Gasteiger partial charge on any atom is 0.337 e. The summed E-state index contributed by atoms with van der Waals surface area (Å²) < 4.78 is 10.1. The lowest BCUT2D eigenvalue weighted by molar-refractivity contribution is 0.0600. The monoisotopic (exact) mass is 292 g/mol. The predicted molar refractivity (Wildman–Crippen MR) is 75.2 cm³/mol. The van der Waals surface area contributed by atoms with Crippen LogP contribution in [0.3, 0.4) is 0 Å². The number of carbonyl (C=O) groups excluding carboxylic acids is 1. The number of hydrogen-bond donors (Lipinski definition) is 1. The molecule has 20 heavy (non-hydrogen) atoms. The van der Waals surface area contributed by atoms with Crippen molar-refractivity contribution in [3.63, 3.8) is 0 Å². The van der Waals surface area contributed by atoms with Crippen LogP contribution < -0.4 is 4.74 Å². The van der Waals surface area contributed by atoms with E-state index in [0.717, 1.165) is 5.56 Å². The first-order chi connectivity index (χ1) is 9.60. The van der Waals surface area contributed by atoms with Crippen LogP contribution in [-0.2, 0) is 11.3 Å². The molecule has 4 nitrogen and oxygen atoms in total. The molecular weight excluding hydrogens is 280 g/mol. The number of rotatable bonds is 4. The molecule has 2 rings (SSSR count). The largest absolute Gasteiger partial charge is 0.504 e. The van der Waals surface area contributed by atoms with Crippen molar-refractivity contribution in [1.29, 1.82) is 0 Å². The highest BCUT2D eigenvalue weighted by Gasteiger charge is 2.10. The minimum Gasteiger partial charge on any atom is -0.504 e. The molecule has 0 heterocycles. The van der Waals surface area contributed by atoms with E-state index in [1.54, 1.807) is 12.1 Å². The van der Waals surface area contributed by atoms with Gasteiger partial charge in [0.15, 0.2) is 11.5 Å². The fourth-order valence-corrected chi connectivity index (χ4v) is 1.74. The van der Waals surface area contributed by atoms with Crippen LogP contribution in [0.4, 0.5) is 0 Å². The molecule has 0 saturated carbocycles. The molecule has 0 fully saturated rings. The van der Waals surface area contributed by atoms with Crippen molar-refractivity contribution >= 4 is 17.6 Å². The van der Waals surface area contributed by atoms with Gasteiger partial charge < -0.3 is 14.6 Å². The molecule has 0 saturated heterocycles. The standard InChI is InChI=1S/C15H13ClO4/c1-19-15(18)11-4-7-13(17)14(8-11)20-9-10-2-5-12(16)6-3-10/h2-8,17H,9H2,1H3. The average molecular weight is 293 g/mol. The maximum absolute atomic E-state index is 11.4. The Morgan fingerprint density at radius 1 is 1.20 bits per heavy atom. The van der Waals surface area contributed by atoms with Crippen LogP contribution in [-0.4, -0.2) is 18.2 Å². The molecule has 0 bridgehead atoms. The molecule has 0 aromatic heterocycles. The van der Waals surface area contributed by atoms with Crippen molar-refractivity contribution in [3.05, 3.63) is 58.6 Å². The van der Waals surface area contributed by atoms with Gasteiger partial charge in [0.2, 0.25) is 0 Å². The van der Waals surface area contributed by atoms with Crippen LogP contribution in [0.15, 0.2) is 42.5 Å². The van der Waals surface area contributed by atoms with Gasteiger partial charge in [-0.25, -0.2) is 4.79 Å². The summed E-state index contributed by atoms with van der Waals surface area (Å²) in [4.78, 5) is 11.4. The molecule has 0 amide bonds. The van der Waals surface area contributed by atoms with Gasteiger partial charge in [0.25, 0.3) is 0 Å². The lowest BCUT2D eigenvalue weighted by atomic mass is 10.2. The average Bonchev–Trinajstić information content (AvgIpc) is 2.47. The zero-order chi connectivity index (χ0) is 14.5. The third-order valence-corrected chi connectivity index (χ3v) is 2.94. The molecule has 104 valence electrons. The zero-order valence-corrected chi connectivity index (χ0v) is 11.6. The molecule has 0 aliphatic rings. The van der Waals surface area contributed by atoms with E-state index in [2.05, 4.69) is 4.74 Å². The Balaban J connectivity index is 2.12. The first-order valence-electron chi connectivity index (χ1n) is 5.88. The molecule has 5 heteroatoms. The molecule has 0 spiro atoms. The molecule has 0 radical (unpaired) electrons. The Hall–Kier alpha value is -2.20. The molecule has 1 N–H and O–H groups in total. The molecule has 0 aliphatic heterocycles. The first-order valence-corrected chi connectivity index (χ1v) is 6.26. The number of benzene rings is 2. The van der Waals surface area contributed by atoms with E-state index in [4.69, 9.17) is 16.3 Å². The minimum atomic E-state index is -0.485. The topological polar surface area (TPSA) is 55.8 Å². The van der Waals surface area contributed by atoms with Gasteiger partial charge in [-0.2, -0.15) is 0 Å². The van der Waals surface area contributed by atoms with Gasteiger partial charge in [-0.05, 0) is 35.9 Å². The summed E-state index contributed by atoms with van der Waals surface area (Å²) in [5, 5.41) is 10.4. The van der Waals surface area contributed by atoms with Crippen molar-refractivity contribution in [2.24, 2.45) is 0 Å². The quantitative estimate of drug-likeness (QED) is 0.877. The highest BCUT2D eigenvalue weighted by Crippen LogP contribution is 2.28. The highest BCUT2D eigenvalue weighted by atomic mass is 35.5. The van der Waals surface area contributed by atoms with Gasteiger partial charge in [-0.15, -0.1) is 0 Å². The predicted octanol–water partition coefficient (Wildman–Crippen LogP) is 3.41. The Morgan fingerprint density at radius 2 is 1.90 bits per heavy atom. The van der Waals surface area contributed by atoms with Crippen LogP contribution in [0.2, 0.25) is 5.02 Å². The smallest absolute Gasteiger partial charge is 0.337 e. The molecule has 2 aromatic rings. The summed E-state index contributed by atoms with van der Waals surface area (Å²) in [7, 11) is 1.30. The van der Waals surface area contributed by atoms with Crippen LogP contribution in [0, 0.1) is 0 Å². The van der Waals surface area contributed by atoms with E-state index < -0.39 is 5.97 Å². The van der Waals surface area contributed by atoms with E-state index in [9.17, 15) is 9.90 Å². The highest BCUT2D eigenvalue weighted by molar-refractivity contribution is 6.30. The fraction of sp³-hybridized carbons (Fsp3) is 0.133. The van der Waals surface area contributed by atoms with Crippen LogP contribution >= 0.6 is 11.6 Å². The number of phenols is 1. The Morgan fingerprint density at radius 3 is 2.55 bits per heavy atom. The van der Waals surface area contributed by atoms with E-state index in [1.807, 2.05) is 12.1 Å². The lowest BCUT2D eigenvalue weighted by Gasteiger charge is -2.09. The van der Waals surface area contributed by atoms with E-state index in [0.29, 0.717) is 10.6 Å². The number of halogens is 1. The number of carbonyl (C=O) groups is 1. The molecule has 0 aliphatic carbocycles. The third-order valence-electron chi connectivity index (χ3n) is 2.69. The molecule has 0 atom stereocenters. The number of hydrogen-bond acceptors (Lipinski definition) is 4. The number of ether oxygens (including phenoxy) is 2. The number of aromatic hydroxyl groups is 1. The zero-order valence-electron chi connectivity index (χ0n) is 10.8. The summed E-state index contributed by atoms with van der Waals surface area (Å²) in [5.41, 5.74) is 1.22. The van der Waals surface area contributed by atoms with Gasteiger partial charge in [0, 0.05) is 5.02 Å². The van der Waals surface area contributed by atoms with Crippen molar-refractivity contribution in [3.8, 4) is 11.5 Å². The van der Waals surface area contributed by atoms with Crippen LogP contribution in [0.25, 0.3) is 0 Å². The van der Waals surface area contributed by atoms with Gasteiger partial charge in [-0.3, -0.25) is 0 Å². The van der Waals surface area contributed by atoms with Crippen molar-refractivity contribution in [2.45, 2.75) is 6.61 Å². The number of phenolic OH excluding ortho intramolecular Hbond substituents is 1. The SMILES string of the molecule is COC(=O)c1ccc(O)c(OCc2ccc(Cl)cc2)c1. The third kappa shape index (κ3) is 3.42. The summed E-state index contributed by atoms with van der Waals surface area (Å²) in [6.45, 7) is 0.259. The van der Waals surface area contributed by atoms with Gasteiger partial charge in [-0.1, -0.05) is 23.7 Å². The van der Waals surface area contributed by atoms with Crippen molar-refractivity contribution < 1.29 is 19.4 Å². The number of methoxy groups -OCH3 is 1. The maximum atomic E-state index is 11.4. The van der Waals surface area contributed by atoms with Crippen LogP contribution in [0.1, 0.15) is 15.9 Å². The van der Waals surface area contributed by atoms with Crippen molar-refractivity contribution in [2.75, 3.05) is 7.11 Å². The first kappa shape index (κ1) is 14.2. The lowest BCUT2D eigenvalue weighted by Crippen LogP contribution is -2.02. The Labute approximate surface area is 121 Å². The van der Waals surface area contributed by atoms with Crippen molar-refractivity contribution in [1.82, 2.24) is 0 Å². The van der Waals surface area contributed by atoms with E-state index >= 15 is 0 Å². The Bertz CT molecular complexity index is 608. The normalized spacial score (nSPS) is 10.1. The summed E-state index contributed by atoms with van der Waals surface area (Å²) in [6, 6.07) is 11.5. The second-order valence-corrected chi connectivity index (χ2v) is 4.53.